The molecule has 2 aromatic rings. The van der Waals surface area contributed by atoms with Crippen molar-refractivity contribution >= 4 is 29.0 Å². The monoisotopic (exact) mass is 362 g/mol. The molecule has 0 radical (unpaired) electrons. The molecule has 1 amide bonds. The number of anilines is 2. The van der Waals surface area contributed by atoms with Crippen LogP contribution < -0.4 is 15.4 Å². The summed E-state index contributed by atoms with van der Waals surface area (Å²) < 4.78 is 5.12. The van der Waals surface area contributed by atoms with Crippen molar-refractivity contribution in [3.8, 4) is 5.75 Å². The van der Waals surface area contributed by atoms with Gasteiger partial charge >= 0.3 is 0 Å². The molecule has 134 valence electrons. The third kappa shape index (κ3) is 5.92. The summed E-state index contributed by atoms with van der Waals surface area (Å²) >= 11 is 6.10. The number of methoxy groups -OCH3 is 1. The van der Waals surface area contributed by atoms with Crippen molar-refractivity contribution in [1.82, 2.24) is 15.2 Å². The van der Waals surface area contributed by atoms with E-state index in [9.17, 15) is 4.79 Å². The molecule has 0 saturated heterocycles. The van der Waals surface area contributed by atoms with Crippen molar-refractivity contribution in [3.63, 3.8) is 0 Å². The Bertz CT molecular complexity index is 705. The van der Waals surface area contributed by atoms with Gasteiger partial charge in [-0.2, -0.15) is 0 Å². The Morgan fingerprint density at radius 2 is 2.08 bits per heavy atom. The molecule has 0 saturated carbocycles. The SMILES string of the molecule is COc1ccc(Nc2ccc(C(=O)NCCCN(C)C)cn2)cc1Cl. The second-order valence-corrected chi connectivity index (χ2v) is 6.23. The average molecular weight is 363 g/mol. The van der Waals surface area contributed by atoms with E-state index in [1.54, 1.807) is 37.6 Å². The van der Waals surface area contributed by atoms with Gasteiger partial charge < -0.3 is 20.3 Å². The number of amides is 1. The third-order valence-electron chi connectivity index (χ3n) is 3.52. The van der Waals surface area contributed by atoms with E-state index in [2.05, 4.69) is 20.5 Å². The zero-order valence-electron chi connectivity index (χ0n) is 14.7. The highest BCUT2D eigenvalue weighted by Crippen LogP contribution is 2.28. The van der Waals surface area contributed by atoms with Crippen molar-refractivity contribution in [1.29, 1.82) is 0 Å². The first kappa shape index (κ1) is 19.0. The molecule has 0 spiro atoms. The molecule has 2 rings (SSSR count). The summed E-state index contributed by atoms with van der Waals surface area (Å²) in [6, 6.07) is 8.88. The van der Waals surface area contributed by atoms with Gasteiger partial charge in [-0.3, -0.25) is 4.79 Å². The molecule has 0 aliphatic carbocycles. The maximum absolute atomic E-state index is 12.1. The van der Waals surface area contributed by atoms with Gasteiger partial charge in [0.25, 0.3) is 5.91 Å². The summed E-state index contributed by atoms with van der Waals surface area (Å²) in [5, 5.41) is 6.54. The number of halogens is 1. The van der Waals surface area contributed by atoms with Crippen molar-refractivity contribution in [2.75, 3.05) is 39.6 Å². The van der Waals surface area contributed by atoms with Crippen molar-refractivity contribution in [2.24, 2.45) is 0 Å². The fourth-order valence-corrected chi connectivity index (χ4v) is 2.45. The summed E-state index contributed by atoms with van der Waals surface area (Å²) in [5.74, 6) is 1.12. The topological polar surface area (TPSA) is 66.5 Å². The van der Waals surface area contributed by atoms with Crippen LogP contribution in [0.15, 0.2) is 36.5 Å². The normalized spacial score (nSPS) is 10.6. The molecule has 0 aliphatic heterocycles. The number of aromatic nitrogens is 1. The zero-order valence-corrected chi connectivity index (χ0v) is 15.4. The Balaban J connectivity index is 1.91. The largest absolute Gasteiger partial charge is 0.495 e. The van der Waals surface area contributed by atoms with E-state index in [0.29, 0.717) is 28.7 Å². The molecule has 1 heterocycles. The Hall–Kier alpha value is -2.31. The summed E-state index contributed by atoms with van der Waals surface area (Å²) in [7, 11) is 5.58. The van der Waals surface area contributed by atoms with Gasteiger partial charge in [0.1, 0.15) is 11.6 Å². The first-order chi connectivity index (χ1) is 12.0. The molecule has 1 aromatic carbocycles. The van der Waals surface area contributed by atoms with Crippen LogP contribution in [-0.4, -0.2) is 50.1 Å². The van der Waals surface area contributed by atoms with Crippen molar-refractivity contribution < 1.29 is 9.53 Å². The smallest absolute Gasteiger partial charge is 0.252 e. The van der Waals surface area contributed by atoms with Crippen LogP contribution in [0.25, 0.3) is 0 Å². The van der Waals surface area contributed by atoms with Crippen LogP contribution in [0.4, 0.5) is 11.5 Å². The fourth-order valence-electron chi connectivity index (χ4n) is 2.19. The van der Waals surface area contributed by atoms with Crippen LogP contribution in [0.5, 0.6) is 5.75 Å². The molecular formula is C18H23ClN4O2. The summed E-state index contributed by atoms with van der Waals surface area (Å²) in [5.41, 5.74) is 1.32. The molecule has 0 fully saturated rings. The standard InChI is InChI=1S/C18H23ClN4O2/c1-23(2)10-4-9-20-18(24)13-5-8-17(21-12-13)22-14-6-7-16(25-3)15(19)11-14/h5-8,11-12H,4,9-10H2,1-3H3,(H,20,24)(H,21,22). The zero-order chi connectivity index (χ0) is 18.2. The predicted octanol–water partition coefficient (Wildman–Crippen LogP) is 3.17. The fraction of sp³-hybridized carbons (Fsp3) is 0.333. The second kappa shape index (κ2) is 9.25. The Morgan fingerprint density at radius 3 is 2.68 bits per heavy atom. The molecule has 1 aromatic heterocycles. The van der Waals surface area contributed by atoms with Gasteiger partial charge in [0.2, 0.25) is 0 Å². The van der Waals surface area contributed by atoms with Crippen LogP contribution in [0.3, 0.4) is 0 Å². The molecule has 6 nitrogen and oxygen atoms in total. The van der Waals surface area contributed by atoms with Crippen molar-refractivity contribution in [2.45, 2.75) is 6.42 Å². The summed E-state index contributed by atoms with van der Waals surface area (Å²) in [6.07, 6.45) is 2.46. The molecule has 7 heteroatoms. The number of carbonyl (C=O) groups excluding carboxylic acids is 1. The lowest BCUT2D eigenvalue weighted by molar-refractivity contribution is 0.0952. The molecule has 0 aliphatic rings. The van der Waals surface area contributed by atoms with Crippen LogP contribution in [-0.2, 0) is 0 Å². The van der Waals surface area contributed by atoms with E-state index in [4.69, 9.17) is 16.3 Å². The molecular weight excluding hydrogens is 340 g/mol. The number of nitrogens with one attached hydrogen (secondary N) is 2. The molecule has 0 unspecified atom stereocenters. The maximum atomic E-state index is 12.1. The number of hydrogen-bond acceptors (Lipinski definition) is 5. The van der Waals surface area contributed by atoms with Gasteiger partial charge in [0, 0.05) is 18.4 Å². The minimum absolute atomic E-state index is 0.120. The lowest BCUT2D eigenvalue weighted by atomic mass is 10.2. The lowest BCUT2D eigenvalue weighted by Crippen LogP contribution is -2.27. The van der Waals surface area contributed by atoms with Crippen LogP contribution in [0.2, 0.25) is 5.02 Å². The maximum Gasteiger partial charge on any atom is 0.252 e. The van der Waals surface area contributed by atoms with Gasteiger partial charge in [-0.15, -0.1) is 0 Å². The second-order valence-electron chi connectivity index (χ2n) is 5.82. The number of pyridine rings is 1. The van der Waals surface area contributed by atoms with E-state index < -0.39 is 0 Å². The third-order valence-corrected chi connectivity index (χ3v) is 3.81. The summed E-state index contributed by atoms with van der Waals surface area (Å²) in [6.45, 7) is 1.58. The minimum atomic E-state index is -0.120. The lowest BCUT2D eigenvalue weighted by Gasteiger charge is -2.10. The van der Waals surface area contributed by atoms with E-state index in [1.165, 1.54) is 0 Å². The number of ether oxygens (including phenoxy) is 1. The van der Waals surface area contributed by atoms with Crippen LogP contribution in [0.1, 0.15) is 16.8 Å². The minimum Gasteiger partial charge on any atom is -0.495 e. The summed E-state index contributed by atoms with van der Waals surface area (Å²) in [4.78, 5) is 18.4. The van der Waals surface area contributed by atoms with Gasteiger partial charge in [0.05, 0.1) is 17.7 Å². The number of carbonyl (C=O) groups is 1. The average Bonchev–Trinajstić information content (AvgIpc) is 2.59. The molecule has 0 atom stereocenters. The Morgan fingerprint density at radius 1 is 1.28 bits per heavy atom. The van der Waals surface area contributed by atoms with Gasteiger partial charge in [-0.25, -0.2) is 4.98 Å². The van der Waals surface area contributed by atoms with E-state index >= 15 is 0 Å². The number of rotatable bonds is 8. The highest BCUT2D eigenvalue weighted by Gasteiger charge is 2.07. The first-order valence-corrected chi connectivity index (χ1v) is 8.37. The highest BCUT2D eigenvalue weighted by molar-refractivity contribution is 6.32. The number of nitrogens with zero attached hydrogens (tertiary/aromatic N) is 2. The first-order valence-electron chi connectivity index (χ1n) is 7.99. The Kier molecular flexibility index (Phi) is 7.03. The van der Waals surface area contributed by atoms with Crippen LogP contribution in [0, 0.1) is 0 Å². The Labute approximate surface area is 153 Å². The van der Waals surface area contributed by atoms with Gasteiger partial charge in [-0.05, 0) is 57.4 Å². The van der Waals surface area contributed by atoms with Crippen molar-refractivity contribution in [3.05, 3.63) is 47.1 Å². The number of hydrogen-bond donors (Lipinski definition) is 2. The number of benzene rings is 1. The van der Waals surface area contributed by atoms with E-state index in [0.717, 1.165) is 18.7 Å². The van der Waals surface area contributed by atoms with Crippen LogP contribution >= 0.6 is 11.6 Å². The quantitative estimate of drug-likeness (QED) is 0.706. The molecule has 0 bridgehead atoms. The predicted molar refractivity (Wildman–Crippen MR) is 101 cm³/mol. The van der Waals surface area contributed by atoms with E-state index in [1.807, 2.05) is 20.2 Å². The highest BCUT2D eigenvalue weighted by atomic mass is 35.5. The van der Waals surface area contributed by atoms with Gasteiger partial charge in [0.15, 0.2) is 0 Å². The van der Waals surface area contributed by atoms with E-state index in [-0.39, 0.29) is 5.91 Å². The molecule has 25 heavy (non-hydrogen) atoms. The molecule has 2 N–H and O–H groups in total. The van der Waals surface area contributed by atoms with Gasteiger partial charge in [-0.1, -0.05) is 11.6 Å².